The number of nitrogens with zero attached hydrogens (tertiary/aromatic N) is 1. The van der Waals surface area contributed by atoms with E-state index in [1.54, 1.807) is 6.07 Å². The molecule has 0 bridgehead atoms. The highest BCUT2D eigenvalue weighted by Gasteiger charge is 2.15. The third-order valence-corrected chi connectivity index (χ3v) is 3.30. The zero-order valence-corrected chi connectivity index (χ0v) is 12.8. The topological polar surface area (TPSA) is 64.9 Å². The predicted molar refractivity (Wildman–Crippen MR) is 89.7 cm³/mol. The first kappa shape index (κ1) is 15.6. The SMILES string of the molecule is CC.N#Cc1cccc(-c2cccc3c2NCCC(=O)N3)c1. The fourth-order valence-corrected chi connectivity index (χ4v) is 2.36. The van der Waals surface area contributed by atoms with Gasteiger partial charge in [-0.25, -0.2) is 0 Å². The second-order valence-electron chi connectivity index (χ2n) is 4.65. The van der Waals surface area contributed by atoms with Crippen molar-refractivity contribution in [3.63, 3.8) is 0 Å². The van der Waals surface area contributed by atoms with Gasteiger partial charge in [-0.15, -0.1) is 0 Å². The Bertz CT molecular complexity index is 717. The fourth-order valence-electron chi connectivity index (χ4n) is 2.36. The molecule has 1 aliphatic heterocycles. The summed E-state index contributed by atoms with van der Waals surface area (Å²) < 4.78 is 0. The molecule has 2 aromatic rings. The van der Waals surface area contributed by atoms with Gasteiger partial charge in [0, 0.05) is 18.5 Å². The number of anilines is 2. The summed E-state index contributed by atoms with van der Waals surface area (Å²) in [6.07, 6.45) is 0.451. The molecule has 0 fully saturated rings. The van der Waals surface area contributed by atoms with E-state index in [1.807, 2.05) is 50.2 Å². The number of hydrogen-bond acceptors (Lipinski definition) is 3. The number of rotatable bonds is 1. The smallest absolute Gasteiger partial charge is 0.226 e. The molecular weight excluding hydrogens is 274 g/mol. The summed E-state index contributed by atoms with van der Waals surface area (Å²) in [6.45, 7) is 4.60. The van der Waals surface area contributed by atoms with Crippen LogP contribution in [0.4, 0.5) is 11.4 Å². The molecule has 1 heterocycles. The van der Waals surface area contributed by atoms with Crippen molar-refractivity contribution in [2.45, 2.75) is 20.3 Å². The molecule has 3 rings (SSSR count). The van der Waals surface area contributed by atoms with Crippen LogP contribution in [0, 0.1) is 11.3 Å². The average Bonchev–Trinajstić information content (AvgIpc) is 2.77. The second kappa shape index (κ2) is 7.28. The summed E-state index contributed by atoms with van der Waals surface area (Å²) in [5.74, 6) is 0.0131. The Morgan fingerprint density at radius 3 is 2.68 bits per heavy atom. The fraction of sp³-hybridized carbons (Fsp3) is 0.222. The van der Waals surface area contributed by atoms with Gasteiger partial charge in [0.1, 0.15) is 0 Å². The number of amides is 1. The first-order valence-electron chi connectivity index (χ1n) is 7.45. The number of carbonyl (C=O) groups excluding carboxylic acids is 1. The number of hydrogen-bond donors (Lipinski definition) is 2. The summed E-state index contributed by atoms with van der Waals surface area (Å²) in [4.78, 5) is 11.6. The molecule has 0 radical (unpaired) electrons. The highest BCUT2D eigenvalue weighted by molar-refractivity contribution is 5.99. The van der Waals surface area contributed by atoms with Gasteiger partial charge in [0.05, 0.1) is 23.0 Å². The molecule has 4 nitrogen and oxygen atoms in total. The molecule has 0 saturated heterocycles. The van der Waals surface area contributed by atoms with Gasteiger partial charge in [0.25, 0.3) is 0 Å². The molecule has 4 heteroatoms. The first-order valence-corrected chi connectivity index (χ1v) is 7.45. The van der Waals surface area contributed by atoms with Crippen LogP contribution in [0.5, 0.6) is 0 Å². The van der Waals surface area contributed by atoms with E-state index in [9.17, 15) is 4.79 Å². The zero-order valence-electron chi connectivity index (χ0n) is 12.8. The Labute approximate surface area is 130 Å². The van der Waals surface area contributed by atoms with Crippen LogP contribution in [0.2, 0.25) is 0 Å². The summed E-state index contributed by atoms with van der Waals surface area (Å²) >= 11 is 0. The van der Waals surface area contributed by atoms with E-state index in [0.717, 1.165) is 22.5 Å². The van der Waals surface area contributed by atoms with Gasteiger partial charge in [-0.2, -0.15) is 5.26 Å². The van der Waals surface area contributed by atoms with Crippen LogP contribution < -0.4 is 10.6 Å². The highest BCUT2D eigenvalue weighted by atomic mass is 16.1. The summed E-state index contributed by atoms with van der Waals surface area (Å²) in [5, 5.41) is 15.2. The van der Waals surface area contributed by atoms with Crippen LogP contribution in [0.1, 0.15) is 25.8 Å². The van der Waals surface area contributed by atoms with Crippen LogP contribution in [0.3, 0.4) is 0 Å². The van der Waals surface area contributed by atoms with Crippen LogP contribution in [0.15, 0.2) is 42.5 Å². The molecule has 2 N–H and O–H groups in total. The molecule has 1 aliphatic rings. The quantitative estimate of drug-likeness (QED) is 0.835. The van der Waals surface area contributed by atoms with Crippen molar-refractivity contribution in [1.29, 1.82) is 5.26 Å². The Morgan fingerprint density at radius 1 is 1.14 bits per heavy atom. The average molecular weight is 293 g/mol. The third kappa shape index (κ3) is 3.26. The van der Waals surface area contributed by atoms with Crippen molar-refractivity contribution in [3.05, 3.63) is 48.0 Å². The van der Waals surface area contributed by atoms with E-state index in [2.05, 4.69) is 16.7 Å². The normalized spacial score (nSPS) is 12.5. The minimum Gasteiger partial charge on any atom is -0.382 e. The lowest BCUT2D eigenvalue weighted by atomic mass is 10.0. The molecule has 0 saturated carbocycles. The summed E-state index contributed by atoms with van der Waals surface area (Å²) in [5.41, 5.74) is 4.27. The molecule has 0 unspecified atom stereocenters. The van der Waals surface area contributed by atoms with Crippen molar-refractivity contribution < 1.29 is 4.79 Å². The lowest BCUT2D eigenvalue weighted by Crippen LogP contribution is -2.10. The Kier molecular flexibility index (Phi) is 5.16. The molecule has 0 spiro atoms. The number of nitriles is 1. The zero-order chi connectivity index (χ0) is 15.9. The van der Waals surface area contributed by atoms with Crippen LogP contribution in [0.25, 0.3) is 11.1 Å². The van der Waals surface area contributed by atoms with Crippen LogP contribution in [-0.2, 0) is 4.79 Å². The molecule has 22 heavy (non-hydrogen) atoms. The van der Waals surface area contributed by atoms with Gasteiger partial charge < -0.3 is 10.6 Å². The van der Waals surface area contributed by atoms with Crippen molar-refractivity contribution in [1.82, 2.24) is 0 Å². The Balaban J connectivity index is 0.000000847. The minimum atomic E-state index is 0.0131. The largest absolute Gasteiger partial charge is 0.382 e. The van der Waals surface area contributed by atoms with Crippen molar-refractivity contribution in [2.75, 3.05) is 17.2 Å². The van der Waals surface area contributed by atoms with Gasteiger partial charge in [0.15, 0.2) is 0 Å². The van der Waals surface area contributed by atoms with Gasteiger partial charge >= 0.3 is 0 Å². The number of fused-ring (bicyclic) bond motifs is 1. The van der Waals surface area contributed by atoms with Crippen molar-refractivity contribution in [3.8, 4) is 17.2 Å². The van der Waals surface area contributed by atoms with Gasteiger partial charge in [-0.3, -0.25) is 4.79 Å². The molecule has 0 aromatic heterocycles. The van der Waals surface area contributed by atoms with Gasteiger partial charge in [-0.05, 0) is 23.8 Å². The number of carbonyl (C=O) groups is 1. The summed E-state index contributed by atoms with van der Waals surface area (Å²) in [7, 11) is 0. The van der Waals surface area contributed by atoms with Crippen LogP contribution in [-0.4, -0.2) is 12.5 Å². The minimum absolute atomic E-state index is 0.0131. The molecule has 0 aliphatic carbocycles. The van der Waals surface area contributed by atoms with E-state index in [4.69, 9.17) is 5.26 Å². The van der Waals surface area contributed by atoms with Gasteiger partial charge in [-0.1, -0.05) is 38.1 Å². The van der Waals surface area contributed by atoms with E-state index < -0.39 is 0 Å². The summed E-state index contributed by atoms with van der Waals surface area (Å²) in [6, 6.07) is 15.4. The first-order chi connectivity index (χ1) is 10.8. The maximum Gasteiger partial charge on any atom is 0.226 e. The lowest BCUT2D eigenvalue weighted by molar-refractivity contribution is -0.115. The highest BCUT2D eigenvalue weighted by Crippen LogP contribution is 2.35. The number of nitrogens with one attached hydrogen (secondary N) is 2. The molecule has 1 amide bonds. The van der Waals surface area contributed by atoms with Gasteiger partial charge in [0.2, 0.25) is 5.91 Å². The van der Waals surface area contributed by atoms with Crippen molar-refractivity contribution in [2.24, 2.45) is 0 Å². The van der Waals surface area contributed by atoms with Crippen molar-refractivity contribution >= 4 is 17.3 Å². The van der Waals surface area contributed by atoms with E-state index in [-0.39, 0.29) is 5.91 Å². The maximum atomic E-state index is 11.6. The van der Waals surface area contributed by atoms with E-state index in [0.29, 0.717) is 18.5 Å². The number of benzene rings is 2. The standard InChI is InChI=1S/C16H13N3O.C2H6/c17-10-11-3-1-4-12(9-11)13-5-2-6-14-16(13)18-8-7-15(20)19-14;1-2/h1-6,9,18H,7-8H2,(H,19,20);1-2H3. The van der Waals surface area contributed by atoms with Crippen LogP contribution >= 0.6 is 0 Å². The van der Waals surface area contributed by atoms with E-state index >= 15 is 0 Å². The maximum absolute atomic E-state index is 11.6. The number of para-hydroxylation sites is 1. The second-order valence-corrected chi connectivity index (χ2v) is 4.65. The Morgan fingerprint density at radius 2 is 1.91 bits per heavy atom. The Hall–Kier alpha value is -2.80. The molecule has 0 atom stereocenters. The lowest BCUT2D eigenvalue weighted by Gasteiger charge is -2.13. The third-order valence-electron chi connectivity index (χ3n) is 3.30. The molecule has 112 valence electrons. The molecular formula is C18H19N3O. The molecule has 2 aromatic carbocycles. The van der Waals surface area contributed by atoms with E-state index in [1.165, 1.54) is 0 Å². The monoisotopic (exact) mass is 293 g/mol. The predicted octanol–water partition coefficient (Wildman–Crippen LogP) is 4.01.